The van der Waals surface area contributed by atoms with Crippen molar-refractivity contribution in [2.75, 3.05) is 26.2 Å². The van der Waals surface area contributed by atoms with Crippen LogP contribution in [0.1, 0.15) is 44.2 Å². The molecule has 1 aliphatic rings. The van der Waals surface area contributed by atoms with Gasteiger partial charge in [-0.3, -0.25) is 4.90 Å². The van der Waals surface area contributed by atoms with Crippen LogP contribution in [0.3, 0.4) is 0 Å². The summed E-state index contributed by atoms with van der Waals surface area (Å²) >= 11 is 6.06. The Morgan fingerprint density at radius 1 is 1.30 bits per heavy atom. The van der Waals surface area contributed by atoms with Crippen LogP contribution in [-0.2, 0) is 0 Å². The van der Waals surface area contributed by atoms with E-state index in [1.807, 2.05) is 0 Å². The predicted octanol–water partition coefficient (Wildman–Crippen LogP) is 4.01. The second-order valence-electron chi connectivity index (χ2n) is 5.46. The molecule has 0 aliphatic carbocycles. The van der Waals surface area contributed by atoms with Crippen LogP contribution in [0, 0.1) is 5.82 Å². The van der Waals surface area contributed by atoms with Crippen molar-refractivity contribution in [1.82, 2.24) is 10.2 Å². The smallest absolute Gasteiger partial charge is 0.128 e. The minimum absolute atomic E-state index is 0.130. The lowest BCUT2D eigenvalue weighted by Gasteiger charge is -2.35. The average Bonchev–Trinajstić information content (AvgIpc) is 2.48. The lowest BCUT2D eigenvalue weighted by atomic mass is 9.97. The maximum Gasteiger partial charge on any atom is 0.128 e. The summed E-state index contributed by atoms with van der Waals surface area (Å²) in [6.07, 6.45) is 4.53. The van der Waals surface area contributed by atoms with Crippen LogP contribution in [0.15, 0.2) is 18.2 Å². The Labute approximate surface area is 126 Å². The van der Waals surface area contributed by atoms with Gasteiger partial charge in [0.05, 0.1) is 0 Å². The summed E-state index contributed by atoms with van der Waals surface area (Å²) in [7, 11) is 0. The molecule has 0 saturated carbocycles. The molecule has 1 fully saturated rings. The van der Waals surface area contributed by atoms with E-state index in [4.69, 9.17) is 11.6 Å². The van der Waals surface area contributed by atoms with Gasteiger partial charge in [-0.15, -0.1) is 0 Å². The van der Waals surface area contributed by atoms with Crippen LogP contribution < -0.4 is 5.32 Å². The molecule has 0 amide bonds. The molecule has 1 atom stereocenters. The predicted molar refractivity (Wildman–Crippen MR) is 82.7 cm³/mol. The van der Waals surface area contributed by atoms with Crippen LogP contribution in [0.4, 0.5) is 4.39 Å². The number of unbranched alkanes of at least 4 members (excludes halogenated alkanes) is 2. The van der Waals surface area contributed by atoms with Gasteiger partial charge in [-0.2, -0.15) is 0 Å². The average molecular weight is 299 g/mol. The van der Waals surface area contributed by atoms with E-state index in [9.17, 15) is 4.39 Å². The van der Waals surface area contributed by atoms with Gasteiger partial charge >= 0.3 is 0 Å². The third-order valence-corrected chi connectivity index (χ3v) is 4.23. The Bertz CT molecular complexity index is 419. The van der Waals surface area contributed by atoms with Gasteiger partial charge in [0.15, 0.2) is 0 Å². The van der Waals surface area contributed by atoms with Crippen molar-refractivity contribution in [2.24, 2.45) is 0 Å². The SMILES string of the molecule is CCCCC[C@@H](c1cc(Cl)ccc1F)N1CCNCC1. The lowest BCUT2D eigenvalue weighted by Crippen LogP contribution is -2.45. The second kappa shape index (κ2) is 7.96. The van der Waals surface area contributed by atoms with E-state index in [0.717, 1.165) is 44.6 Å². The fraction of sp³-hybridized carbons (Fsp3) is 0.625. The van der Waals surface area contributed by atoms with Crippen molar-refractivity contribution < 1.29 is 4.39 Å². The second-order valence-corrected chi connectivity index (χ2v) is 5.90. The van der Waals surface area contributed by atoms with E-state index in [2.05, 4.69) is 17.1 Å². The summed E-state index contributed by atoms with van der Waals surface area (Å²) in [4.78, 5) is 2.39. The highest BCUT2D eigenvalue weighted by molar-refractivity contribution is 6.30. The summed E-state index contributed by atoms with van der Waals surface area (Å²) in [5.74, 6) is -0.130. The van der Waals surface area contributed by atoms with Crippen molar-refractivity contribution in [2.45, 2.75) is 38.6 Å². The molecule has 1 aromatic carbocycles. The Morgan fingerprint density at radius 3 is 2.75 bits per heavy atom. The normalized spacial score (nSPS) is 18.1. The summed E-state index contributed by atoms with van der Waals surface area (Å²) in [5, 5.41) is 3.98. The number of nitrogens with zero attached hydrogens (tertiary/aromatic N) is 1. The molecule has 20 heavy (non-hydrogen) atoms. The fourth-order valence-corrected chi connectivity index (χ4v) is 3.07. The minimum atomic E-state index is -0.130. The van der Waals surface area contributed by atoms with Gasteiger partial charge in [-0.1, -0.05) is 37.8 Å². The van der Waals surface area contributed by atoms with Crippen LogP contribution in [0.2, 0.25) is 5.02 Å². The van der Waals surface area contributed by atoms with E-state index < -0.39 is 0 Å². The molecule has 4 heteroatoms. The van der Waals surface area contributed by atoms with Gasteiger partial charge in [0.1, 0.15) is 5.82 Å². The highest BCUT2D eigenvalue weighted by Gasteiger charge is 2.24. The molecule has 1 heterocycles. The molecule has 1 saturated heterocycles. The Balaban J connectivity index is 2.17. The molecule has 0 aromatic heterocycles. The largest absolute Gasteiger partial charge is 0.314 e. The number of hydrogen-bond acceptors (Lipinski definition) is 2. The molecule has 0 unspecified atom stereocenters. The zero-order valence-electron chi connectivity index (χ0n) is 12.2. The van der Waals surface area contributed by atoms with Gasteiger partial charge < -0.3 is 5.32 Å². The molecule has 0 bridgehead atoms. The maximum absolute atomic E-state index is 14.2. The van der Waals surface area contributed by atoms with Crippen LogP contribution in [0.5, 0.6) is 0 Å². The number of nitrogens with one attached hydrogen (secondary N) is 1. The molecule has 112 valence electrons. The molecule has 2 rings (SSSR count). The van der Waals surface area contributed by atoms with Gasteiger partial charge in [0, 0.05) is 42.8 Å². The summed E-state index contributed by atoms with van der Waals surface area (Å²) < 4.78 is 14.2. The lowest BCUT2D eigenvalue weighted by molar-refractivity contribution is 0.159. The molecule has 1 aromatic rings. The van der Waals surface area contributed by atoms with Crippen LogP contribution in [-0.4, -0.2) is 31.1 Å². The monoisotopic (exact) mass is 298 g/mol. The number of hydrogen-bond donors (Lipinski definition) is 1. The first-order valence-electron chi connectivity index (χ1n) is 7.62. The Kier molecular flexibility index (Phi) is 6.27. The van der Waals surface area contributed by atoms with E-state index >= 15 is 0 Å². The van der Waals surface area contributed by atoms with Crippen LogP contribution >= 0.6 is 11.6 Å². The van der Waals surface area contributed by atoms with E-state index in [1.54, 1.807) is 12.1 Å². The first-order chi connectivity index (χ1) is 9.72. The van der Waals surface area contributed by atoms with Gasteiger partial charge in [-0.25, -0.2) is 4.39 Å². The number of halogens is 2. The fourth-order valence-electron chi connectivity index (χ4n) is 2.89. The third kappa shape index (κ3) is 4.18. The van der Waals surface area contributed by atoms with Crippen molar-refractivity contribution in [3.63, 3.8) is 0 Å². The van der Waals surface area contributed by atoms with Crippen molar-refractivity contribution >= 4 is 11.6 Å². The molecular weight excluding hydrogens is 275 g/mol. The number of rotatable bonds is 6. The zero-order valence-corrected chi connectivity index (χ0v) is 12.9. The molecule has 0 radical (unpaired) electrons. The first-order valence-corrected chi connectivity index (χ1v) is 8.00. The minimum Gasteiger partial charge on any atom is -0.314 e. The van der Waals surface area contributed by atoms with Crippen molar-refractivity contribution in [1.29, 1.82) is 0 Å². The van der Waals surface area contributed by atoms with Crippen LogP contribution in [0.25, 0.3) is 0 Å². The van der Waals surface area contributed by atoms with Gasteiger partial charge in [-0.05, 0) is 24.6 Å². The molecule has 0 spiro atoms. The first kappa shape index (κ1) is 15.7. The van der Waals surface area contributed by atoms with E-state index in [0.29, 0.717) is 5.02 Å². The van der Waals surface area contributed by atoms with Crippen molar-refractivity contribution in [3.05, 3.63) is 34.6 Å². The standard InChI is InChI=1S/C16H24ClFN2/c1-2-3-4-5-16(20-10-8-19-9-11-20)14-12-13(17)6-7-15(14)18/h6-7,12,16,19H,2-5,8-11H2,1H3/t16-/m0/s1. The Hall–Kier alpha value is -0.640. The summed E-state index contributed by atoms with van der Waals surface area (Å²) in [5.41, 5.74) is 0.760. The highest BCUT2D eigenvalue weighted by atomic mass is 35.5. The van der Waals surface area contributed by atoms with Crippen molar-refractivity contribution in [3.8, 4) is 0 Å². The highest BCUT2D eigenvalue weighted by Crippen LogP contribution is 2.30. The van der Waals surface area contributed by atoms with E-state index in [1.165, 1.54) is 18.9 Å². The molecule has 1 N–H and O–H groups in total. The summed E-state index contributed by atoms with van der Waals surface area (Å²) in [6, 6.07) is 5.08. The Morgan fingerprint density at radius 2 is 2.05 bits per heavy atom. The molecule has 2 nitrogen and oxygen atoms in total. The molecule has 1 aliphatic heterocycles. The maximum atomic E-state index is 14.2. The molecular formula is C16H24ClFN2. The summed E-state index contributed by atoms with van der Waals surface area (Å²) in [6.45, 7) is 6.10. The van der Waals surface area contributed by atoms with E-state index in [-0.39, 0.29) is 11.9 Å². The number of piperazine rings is 1. The number of benzene rings is 1. The van der Waals surface area contributed by atoms with Gasteiger partial charge in [0.25, 0.3) is 0 Å². The zero-order chi connectivity index (χ0) is 14.4. The topological polar surface area (TPSA) is 15.3 Å². The third-order valence-electron chi connectivity index (χ3n) is 3.99. The quantitative estimate of drug-likeness (QED) is 0.799. The van der Waals surface area contributed by atoms with Gasteiger partial charge in [0.2, 0.25) is 0 Å².